The van der Waals surface area contributed by atoms with Crippen molar-refractivity contribution >= 4 is 23.6 Å². The molecule has 72 valence electrons. The van der Waals surface area contributed by atoms with Crippen LogP contribution in [0.1, 0.15) is 0 Å². The number of methoxy groups -OCH3 is 1. The third-order valence-corrected chi connectivity index (χ3v) is 2.14. The van der Waals surface area contributed by atoms with Crippen LogP contribution in [0.4, 0.5) is 0 Å². The van der Waals surface area contributed by atoms with E-state index < -0.39 is 6.04 Å². The van der Waals surface area contributed by atoms with Gasteiger partial charge in [0, 0.05) is 17.5 Å². The number of carbonyl (C=O) groups is 1. The van der Waals surface area contributed by atoms with E-state index in [0.717, 1.165) is 5.22 Å². The van der Waals surface area contributed by atoms with E-state index in [0.29, 0.717) is 10.5 Å². The van der Waals surface area contributed by atoms with Crippen molar-refractivity contribution in [1.82, 2.24) is 4.98 Å². The summed E-state index contributed by atoms with van der Waals surface area (Å²) in [6, 6.07) is 1.06. The van der Waals surface area contributed by atoms with Gasteiger partial charge < -0.3 is 4.74 Å². The molecule has 2 heterocycles. The van der Waals surface area contributed by atoms with Gasteiger partial charge in [-0.2, -0.15) is 0 Å². The molecule has 2 rings (SSSR count). The topological polar surface area (TPSA) is 51.5 Å². The summed E-state index contributed by atoms with van der Waals surface area (Å²) in [6.45, 7) is 0. The smallest absolute Gasteiger partial charge is 0.334 e. The van der Waals surface area contributed by atoms with E-state index >= 15 is 0 Å². The quantitative estimate of drug-likeness (QED) is 0.472. The van der Waals surface area contributed by atoms with E-state index in [1.165, 1.54) is 7.11 Å². The summed E-state index contributed by atoms with van der Waals surface area (Å²) in [5.74, 6) is -0.377. The summed E-state index contributed by atoms with van der Waals surface area (Å²) >= 11 is 5.68. The zero-order valence-electron chi connectivity index (χ0n) is 7.40. The van der Waals surface area contributed by atoms with Gasteiger partial charge in [-0.1, -0.05) is 11.6 Å². The number of aromatic nitrogens is 1. The highest BCUT2D eigenvalue weighted by atomic mass is 35.5. The largest absolute Gasteiger partial charge is 0.467 e. The molecule has 0 aliphatic carbocycles. The van der Waals surface area contributed by atoms with Crippen LogP contribution in [0, 0.1) is 0 Å². The van der Waals surface area contributed by atoms with Gasteiger partial charge in [0.15, 0.2) is 6.04 Å². The molecule has 1 aliphatic heterocycles. The third kappa shape index (κ3) is 1.48. The minimum absolute atomic E-state index is 0.367. The number of rotatable bonds is 1. The number of pyridine rings is 1. The van der Waals surface area contributed by atoms with Gasteiger partial charge in [-0.25, -0.2) is 9.78 Å². The highest BCUT2D eigenvalue weighted by molar-refractivity contribution is 6.29. The third-order valence-electron chi connectivity index (χ3n) is 1.94. The summed E-state index contributed by atoms with van der Waals surface area (Å²) in [6.07, 6.45) is 3.29. The summed E-state index contributed by atoms with van der Waals surface area (Å²) in [5.41, 5.74) is 0. The Kier molecular flexibility index (Phi) is 2.21. The average Bonchev–Trinajstić information content (AvgIpc) is 2.59. The van der Waals surface area contributed by atoms with Crippen molar-refractivity contribution in [3.05, 3.63) is 28.0 Å². The molecule has 0 saturated carbocycles. The molecule has 14 heavy (non-hydrogen) atoms. The first-order valence-electron chi connectivity index (χ1n) is 4.00. The fourth-order valence-electron chi connectivity index (χ4n) is 1.27. The molecule has 0 unspecified atom stereocenters. The number of carbonyl (C=O) groups excluding carboxylic acids is 1. The van der Waals surface area contributed by atoms with Gasteiger partial charge >= 0.3 is 5.97 Å². The number of nitrogens with zero attached hydrogens (tertiary/aromatic N) is 2. The molecule has 0 fully saturated rings. The van der Waals surface area contributed by atoms with Crippen LogP contribution in [-0.2, 0) is 9.53 Å². The zero-order valence-corrected chi connectivity index (χ0v) is 8.15. The lowest BCUT2D eigenvalue weighted by Gasteiger charge is -1.99. The second kappa shape index (κ2) is 3.38. The van der Waals surface area contributed by atoms with Crippen LogP contribution in [0.3, 0.4) is 0 Å². The number of hydrogen-bond donors (Lipinski definition) is 0. The minimum atomic E-state index is -0.560. The van der Waals surface area contributed by atoms with Gasteiger partial charge in [0.25, 0.3) is 0 Å². The van der Waals surface area contributed by atoms with Crippen molar-refractivity contribution in [3.8, 4) is 0 Å². The van der Waals surface area contributed by atoms with Crippen LogP contribution in [-0.4, -0.2) is 24.1 Å². The molecule has 5 heteroatoms. The molecule has 1 aliphatic rings. The maximum atomic E-state index is 11.2. The fourth-order valence-corrected chi connectivity index (χ4v) is 1.42. The normalized spacial score (nSPS) is 18.0. The number of ether oxygens (including phenoxy) is 1. The molecule has 1 aromatic heterocycles. The van der Waals surface area contributed by atoms with Crippen LogP contribution < -0.4 is 10.6 Å². The number of esters is 1. The fraction of sp³-hybridized carbons (Fsp3) is 0.222. The van der Waals surface area contributed by atoms with Gasteiger partial charge in [0.1, 0.15) is 5.15 Å². The molecular weight excluding hydrogens is 204 g/mol. The number of hydrogen-bond acceptors (Lipinski definition) is 4. The van der Waals surface area contributed by atoms with Crippen molar-refractivity contribution in [2.24, 2.45) is 4.99 Å². The molecule has 0 N–H and O–H groups in total. The SMILES string of the molecule is COC(=O)[C@@H]1C=c2cnc(Cl)cc2=N1. The lowest BCUT2D eigenvalue weighted by molar-refractivity contribution is -0.140. The number of halogens is 1. The molecule has 0 spiro atoms. The van der Waals surface area contributed by atoms with E-state index in [9.17, 15) is 4.79 Å². The Morgan fingerprint density at radius 2 is 2.43 bits per heavy atom. The highest BCUT2D eigenvalue weighted by Gasteiger charge is 2.18. The van der Waals surface area contributed by atoms with Crippen LogP contribution in [0.2, 0.25) is 5.15 Å². The maximum absolute atomic E-state index is 11.2. The summed E-state index contributed by atoms with van der Waals surface area (Å²) in [5, 5.41) is 1.86. The molecule has 1 atom stereocenters. The zero-order chi connectivity index (χ0) is 10.1. The van der Waals surface area contributed by atoms with E-state index in [2.05, 4.69) is 14.7 Å². The lowest BCUT2D eigenvalue weighted by Crippen LogP contribution is -2.21. The molecule has 0 bridgehead atoms. The second-order valence-corrected chi connectivity index (χ2v) is 3.22. The van der Waals surface area contributed by atoms with E-state index in [4.69, 9.17) is 11.6 Å². The predicted molar refractivity (Wildman–Crippen MR) is 50.3 cm³/mol. The molecule has 0 radical (unpaired) electrons. The molecule has 0 saturated heterocycles. The van der Waals surface area contributed by atoms with Crippen molar-refractivity contribution in [1.29, 1.82) is 0 Å². The van der Waals surface area contributed by atoms with Crippen molar-refractivity contribution in [2.45, 2.75) is 6.04 Å². The van der Waals surface area contributed by atoms with Crippen molar-refractivity contribution in [3.63, 3.8) is 0 Å². The Balaban J connectivity index is 2.48. The molecular formula is C9H7ClN2O2. The predicted octanol–water partition coefficient (Wildman–Crippen LogP) is -0.310. The number of fused-ring (bicyclic) bond motifs is 1. The molecule has 1 aromatic rings. The molecule has 0 amide bonds. The monoisotopic (exact) mass is 210 g/mol. The first-order valence-corrected chi connectivity index (χ1v) is 4.37. The van der Waals surface area contributed by atoms with Gasteiger partial charge in [-0.3, -0.25) is 4.99 Å². The van der Waals surface area contributed by atoms with Crippen LogP contribution >= 0.6 is 11.6 Å². The first-order chi connectivity index (χ1) is 6.70. The first kappa shape index (κ1) is 9.15. The van der Waals surface area contributed by atoms with Gasteiger partial charge in [-0.15, -0.1) is 0 Å². The van der Waals surface area contributed by atoms with E-state index in [1.807, 2.05) is 0 Å². The highest BCUT2D eigenvalue weighted by Crippen LogP contribution is 2.01. The maximum Gasteiger partial charge on any atom is 0.334 e. The van der Waals surface area contributed by atoms with E-state index in [-0.39, 0.29) is 5.97 Å². The van der Waals surface area contributed by atoms with Crippen molar-refractivity contribution < 1.29 is 9.53 Å². The van der Waals surface area contributed by atoms with Gasteiger partial charge in [-0.05, 0) is 6.08 Å². The Morgan fingerprint density at radius 3 is 3.14 bits per heavy atom. The van der Waals surface area contributed by atoms with Gasteiger partial charge in [0.05, 0.1) is 12.5 Å². The summed E-state index contributed by atoms with van der Waals surface area (Å²) < 4.78 is 4.58. The molecule has 0 aromatic carbocycles. The van der Waals surface area contributed by atoms with Crippen molar-refractivity contribution in [2.75, 3.05) is 7.11 Å². The van der Waals surface area contributed by atoms with Crippen LogP contribution in [0.25, 0.3) is 6.08 Å². The summed E-state index contributed by atoms with van der Waals surface area (Å²) in [4.78, 5) is 19.2. The van der Waals surface area contributed by atoms with Gasteiger partial charge in [0.2, 0.25) is 0 Å². The minimum Gasteiger partial charge on any atom is -0.467 e. The standard InChI is InChI=1S/C9H7ClN2O2/c1-14-9(13)7-2-5-4-11-8(10)3-6(5)12-7/h2-4,7H,1H3/t7-/m0/s1. The van der Waals surface area contributed by atoms with E-state index in [1.54, 1.807) is 18.3 Å². The Bertz CT molecular complexity index is 498. The van der Waals surface area contributed by atoms with Crippen LogP contribution in [0.15, 0.2) is 17.3 Å². The Labute approximate surface area is 84.9 Å². The average molecular weight is 211 g/mol. The second-order valence-electron chi connectivity index (χ2n) is 2.83. The molecule has 4 nitrogen and oxygen atoms in total. The Morgan fingerprint density at radius 1 is 1.64 bits per heavy atom. The summed E-state index contributed by atoms with van der Waals surface area (Å²) in [7, 11) is 1.33. The Hall–Kier alpha value is -1.42. The lowest BCUT2D eigenvalue weighted by atomic mass is 10.3. The van der Waals surface area contributed by atoms with Crippen LogP contribution in [0.5, 0.6) is 0 Å².